The minimum atomic E-state index is -0.660. The largest absolute Gasteiger partial charge is 0.385 e. The Morgan fingerprint density at radius 3 is 1.89 bits per heavy atom. The molecule has 1 aliphatic heterocycles. The second-order valence-corrected chi connectivity index (χ2v) is 5.22. The van der Waals surface area contributed by atoms with E-state index in [2.05, 4.69) is 29.2 Å². The Hall–Kier alpha value is -1.80. The molecule has 19 heavy (non-hydrogen) atoms. The molecule has 0 aromatic heterocycles. The van der Waals surface area contributed by atoms with E-state index in [0.717, 1.165) is 31.5 Å². The van der Waals surface area contributed by atoms with Crippen molar-refractivity contribution in [2.24, 2.45) is 0 Å². The minimum Gasteiger partial charge on any atom is -0.385 e. The van der Waals surface area contributed by atoms with Crippen molar-refractivity contribution in [2.45, 2.75) is 18.4 Å². The molecule has 0 spiro atoms. The third-order valence-corrected chi connectivity index (χ3v) is 4.02. The normalized spacial score (nSPS) is 18.3. The summed E-state index contributed by atoms with van der Waals surface area (Å²) in [5.74, 6) is 0. The summed E-state index contributed by atoms with van der Waals surface area (Å²) >= 11 is 0. The molecule has 0 amide bonds. The third kappa shape index (κ3) is 2.49. The van der Waals surface area contributed by atoms with Gasteiger partial charge in [-0.15, -0.1) is 0 Å². The van der Waals surface area contributed by atoms with Gasteiger partial charge in [-0.05, 0) is 30.5 Å². The Bertz CT molecular complexity index is 515. The lowest BCUT2D eigenvalue weighted by atomic mass is 9.84. The Balaban J connectivity index is 1.73. The van der Waals surface area contributed by atoms with Crippen molar-refractivity contribution in [1.29, 1.82) is 0 Å². The molecule has 0 aliphatic carbocycles. The Kier molecular flexibility index (Phi) is 3.26. The molecular weight excluding hydrogens is 234 g/mol. The van der Waals surface area contributed by atoms with Crippen LogP contribution in [0.4, 0.5) is 5.69 Å². The first-order valence-electron chi connectivity index (χ1n) is 6.86. The van der Waals surface area contributed by atoms with Gasteiger partial charge in [-0.2, -0.15) is 0 Å². The van der Waals surface area contributed by atoms with Gasteiger partial charge in [-0.25, -0.2) is 0 Å². The van der Waals surface area contributed by atoms with Crippen LogP contribution in [0.25, 0.3) is 0 Å². The zero-order chi connectivity index (χ0) is 13.1. The number of hydrogen-bond donors (Lipinski definition) is 1. The minimum absolute atomic E-state index is 0.660. The lowest BCUT2D eigenvalue weighted by Gasteiger charge is -2.39. The van der Waals surface area contributed by atoms with E-state index in [1.54, 1.807) is 0 Å². The lowest BCUT2D eigenvalue weighted by molar-refractivity contribution is 0.0118. The summed E-state index contributed by atoms with van der Waals surface area (Å²) in [6, 6.07) is 20.5. The first-order valence-corrected chi connectivity index (χ1v) is 6.86. The van der Waals surface area contributed by atoms with Gasteiger partial charge in [0.2, 0.25) is 0 Å². The molecule has 2 aromatic rings. The predicted molar refractivity (Wildman–Crippen MR) is 78.2 cm³/mol. The van der Waals surface area contributed by atoms with Gasteiger partial charge in [0.15, 0.2) is 0 Å². The Morgan fingerprint density at radius 2 is 1.32 bits per heavy atom. The van der Waals surface area contributed by atoms with Crippen molar-refractivity contribution in [3.05, 3.63) is 66.2 Å². The molecule has 0 bridgehead atoms. The van der Waals surface area contributed by atoms with Gasteiger partial charge in [0, 0.05) is 18.8 Å². The molecule has 1 saturated heterocycles. The maximum atomic E-state index is 10.8. The topological polar surface area (TPSA) is 23.5 Å². The van der Waals surface area contributed by atoms with Gasteiger partial charge in [-0.1, -0.05) is 48.5 Å². The van der Waals surface area contributed by atoms with Gasteiger partial charge in [-0.3, -0.25) is 0 Å². The molecule has 0 saturated carbocycles. The lowest BCUT2D eigenvalue weighted by Crippen LogP contribution is -2.42. The fourth-order valence-corrected chi connectivity index (χ4v) is 2.81. The molecule has 98 valence electrons. The van der Waals surface area contributed by atoms with Gasteiger partial charge < -0.3 is 10.0 Å². The van der Waals surface area contributed by atoms with Crippen LogP contribution >= 0.6 is 0 Å². The molecule has 0 atom stereocenters. The highest BCUT2D eigenvalue weighted by molar-refractivity contribution is 5.46. The van der Waals surface area contributed by atoms with Crippen LogP contribution < -0.4 is 4.90 Å². The fraction of sp³-hybridized carbons (Fsp3) is 0.294. The third-order valence-electron chi connectivity index (χ3n) is 4.02. The summed E-state index contributed by atoms with van der Waals surface area (Å²) in [5.41, 5.74) is 1.63. The summed E-state index contributed by atoms with van der Waals surface area (Å²) in [6.07, 6.45) is 1.57. The second kappa shape index (κ2) is 5.06. The number of rotatable bonds is 2. The average molecular weight is 253 g/mol. The summed E-state index contributed by atoms with van der Waals surface area (Å²) in [4.78, 5) is 2.34. The van der Waals surface area contributed by atoms with E-state index in [0.29, 0.717) is 0 Å². The Labute approximate surface area is 114 Å². The van der Waals surface area contributed by atoms with Crippen molar-refractivity contribution < 1.29 is 5.11 Å². The van der Waals surface area contributed by atoms with E-state index >= 15 is 0 Å². The molecule has 1 fully saturated rings. The smallest absolute Gasteiger partial charge is 0.0930 e. The van der Waals surface area contributed by atoms with Crippen LogP contribution in [0.1, 0.15) is 18.4 Å². The van der Waals surface area contributed by atoms with E-state index in [-0.39, 0.29) is 0 Å². The van der Waals surface area contributed by atoms with Gasteiger partial charge >= 0.3 is 0 Å². The van der Waals surface area contributed by atoms with Crippen LogP contribution in [-0.4, -0.2) is 18.2 Å². The van der Waals surface area contributed by atoms with Crippen LogP contribution in [-0.2, 0) is 5.60 Å². The summed E-state index contributed by atoms with van der Waals surface area (Å²) in [7, 11) is 0. The summed E-state index contributed by atoms with van der Waals surface area (Å²) < 4.78 is 0. The van der Waals surface area contributed by atoms with Crippen LogP contribution in [0.5, 0.6) is 0 Å². The highest BCUT2D eigenvalue weighted by atomic mass is 16.3. The number of aliphatic hydroxyl groups is 1. The molecule has 2 heteroatoms. The molecular formula is C17H19NO. The van der Waals surface area contributed by atoms with Crippen LogP contribution in [0, 0.1) is 0 Å². The predicted octanol–water partition coefficient (Wildman–Crippen LogP) is 3.17. The molecule has 2 nitrogen and oxygen atoms in total. The van der Waals surface area contributed by atoms with Crippen molar-refractivity contribution in [3.8, 4) is 0 Å². The highest BCUT2D eigenvalue weighted by Crippen LogP contribution is 2.34. The zero-order valence-corrected chi connectivity index (χ0v) is 11.0. The quantitative estimate of drug-likeness (QED) is 0.888. The van der Waals surface area contributed by atoms with Gasteiger partial charge in [0.25, 0.3) is 0 Å². The van der Waals surface area contributed by atoms with Crippen LogP contribution in [0.2, 0.25) is 0 Å². The molecule has 1 heterocycles. The van der Waals surface area contributed by atoms with E-state index < -0.39 is 5.60 Å². The van der Waals surface area contributed by atoms with Crippen LogP contribution in [0.15, 0.2) is 60.7 Å². The molecule has 0 radical (unpaired) electrons. The number of anilines is 1. The van der Waals surface area contributed by atoms with Gasteiger partial charge in [0.05, 0.1) is 5.60 Å². The monoisotopic (exact) mass is 253 g/mol. The highest BCUT2D eigenvalue weighted by Gasteiger charge is 2.33. The van der Waals surface area contributed by atoms with Crippen molar-refractivity contribution in [1.82, 2.24) is 0 Å². The standard InChI is InChI=1S/C17H19NO/c19-17(15-7-3-1-4-8-15)11-13-18(14-12-17)16-9-5-2-6-10-16/h1-10,19H,11-14H2. The first kappa shape index (κ1) is 12.2. The van der Waals surface area contributed by atoms with E-state index in [1.807, 2.05) is 36.4 Å². The second-order valence-electron chi connectivity index (χ2n) is 5.22. The van der Waals surface area contributed by atoms with Crippen molar-refractivity contribution >= 4 is 5.69 Å². The molecule has 0 unspecified atom stereocenters. The molecule has 1 aliphatic rings. The van der Waals surface area contributed by atoms with Crippen molar-refractivity contribution in [3.63, 3.8) is 0 Å². The maximum absolute atomic E-state index is 10.8. The number of hydrogen-bond acceptors (Lipinski definition) is 2. The fourth-order valence-electron chi connectivity index (χ4n) is 2.81. The zero-order valence-electron chi connectivity index (χ0n) is 11.0. The van der Waals surface area contributed by atoms with E-state index in [1.165, 1.54) is 5.69 Å². The summed E-state index contributed by atoms with van der Waals surface area (Å²) in [5, 5.41) is 10.8. The molecule has 2 aromatic carbocycles. The average Bonchev–Trinajstić information content (AvgIpc) is 2.50. The number of piperidine rings is 1. The number of para-hydroxylation sites is 1. The maximum Gasteiger partial charge on any atom is 0.0930 e. The van der Waals surface area contributed by atoms with E-state index in [9.17, 15) is 5.11 Å². The number of nitrogens with zero attached hydrogens (tertiary/aromatic N) is 1. The van der Waals surface area contributed by atoms with Crippen LogP contribution in [0.3, 0.4) is 0 Å². The Morgan fingerprint density at radius 1 is 0.789 bits per heavy atom. The molecule has 3 rings (SSSR count). The first-order chi connectivity index (χ1) is 9.28. The van der Waals surface area contributed by atoms with Crippen molar-refractivity contribution in [2.75, 3.05) is 18.0 Å². The van der Waals surface area contributed by atoms with E-state index in [4.69, 9.17) is 0 Å². The van der Waals surface area contributed by atoms with Gasteiger partial charge in [0.1, 0.15) is 0 Å². The summed E-state index contributed by atoms with van der Waals surface area (Å²) in [6.45, 7) is 1.80. The SMILES string of the molecule is OC1(c2ccccc2)CCN(c2ccccc2)CC1. The number of benzene rings is 2. The molecule has 1 N–H and O–H groups in total.